The van der Waals surface area contributed by atoms with Crippen LogP contribution in [0.4, 0.5) is 0 Å². The molecule has 4 aromatic rings. The Bertz CT molecular complexity index is 1520. The summed E-state index contributed by atoms with van der Waals surface area (Å²) in [6.45, 7) is 5.13. The van der Waals surface area contributed by atoms with Crippen LogP contribution in [0.1, 0.15) is 47.7 Å². The smallest absolute Gasteiger partial charge is 0.269 e. The average molecular weight is 511 g/mol. The van der Waals surface area contributed by atoms with Crippen LogP contribution in [0, 0.1) is 0 Å². The molecule has 9 nitrogen and oxygen atoms in total. The van der Waals surface area contributed by atoms with Crippen LogP contribution in [0.25, 0.3) is 33.3 Å². The lowest BCUT2D eigenvalue weighted by atomic mass is 9.99. The molecule has 194 valence electrons. The summed E-state index contributed by atoms with van der Waals surface area (Å²) in [5.41, 5.74) is 5.00. The van der Waals surface area contributed by atoms with Gasteiger partial charge in [0, 0.05) is 75.1 Å². The van der Waals surface area contributed by atoms with Gasteiger partial charge in [0.2, 0.25) is 5.91 Å². The van der Waals surface area contributed by atoms with Gasteiger partial charge in [0.1, 0.15) is 11.5 Å². The maximum Gasteiger partial charge on any atom is 0.269 e. The number of fused-ring (bicyclic) bond motifs is 2. The second kappa shape index (κ2) is 9.98. The number of hydrogen-bond acceptors (Lipinski definition) is 6. The molecule has 0 saturated carbocycles. The standard InChI is InChI=1S/C29H30N6O3/c1-18(36)34-10-11-35-26(17-34)27(33-28(35)19-8-12-38-13-9-19)22-5-3-4-20-14-25(32-16-23(20)22)21-6-7-24(31-15-21)29(37)30-2/h3-7,14-16,19H,8-13,17H2,1-2H3,(H,30,37). The molecule has 3 aromatic heterocycles. The summed E-state index contributed by atoms with van der Waals surface area (Å²) in [6, 6.07) is 11.8. The van der Waals surface area contributed by atoms with Crippen LogP contribution >= 0.6 is 0 Å². The Morgan fingerprint density at radius 2 is 1.89 bits per heavy atom. The third-order valence-electron chi connectivity index (χ3n) is 7.61. The number of nitrogens with zero attached hydrogens (tertiary/aromatic N) is 5. The fourth-order valence-corrected chi connectivity index (χ4v) is 5.49. The van der Waals surface area contributed by atoms with E-state index in [4.69, 9.17) is 14.7 Å². The summed E-state index contributed by atoms with van der Waals surface area (Å²) in [5, 5.41) is 4.63. The van der Waals surface area contributed by atoms with Crippen molar-refractivity contribution in [3.63, 3.8) is 0 Å². The van der Waals surface area contributed by atoms with Crippen LogP contribution in [0.3, 0.4) is 0 Å². The third-order valence-corrected chi connectivity index (χ3v) is 7.61. The van der Waals surface area contributed by atoms with E-state index in [-0.39, 0.29) is 11.8 Å². The van der Waals surface area contributed by atoms with Crippen molar-refractivity contribution in [1.82, 2.24) is 29.7 Å². The van der Waals surface area contributed by atoms with Crippen LogP contribution in [0.15, 0.2) is 48.8 Å². The van der Waals surface area contributed by atoms with Crippen molar-refractivity contribution < 1.29 is 14.3 Å². The molecule has 2 aliphatic rings. The minimum absolute atomic E-state index is 0.0799. The highest BCUT2D eigenvalue weighted by Crippen LogP contribution is 2.37. The van der Waals surface area contributed by atoms with Crippen molar-refractivity contribution in [2.24, 2.45) is 0 Å². The van der Waals surface area contributed by atoms with E-state index >= 15 is 0 Å². The second-order valence-electron chi connectivity index (χ2n) is 9.85. The number of hydrogen-bond donors (Lipinski definition) is 1. The van der Waals surface area contributed by atoms with Crippen LogP contribution < -0.4 is 5.32 Å². The fraction of sp³-hybridized carbons (Fsp3) is 0.345. The van der Waals surface area contributed by atoms with E-state index in [2.05, 4.69) is 27.0 Å². The van der Waals surface area contributed by atoms with Gasteiger partial charge in [0.05, 0.1) is 23.6 Å². The molecule has 0 bridgehead atoms. The van der Waals surface area contributed by atoms with E-state index in [1.54, 1.807) is 26.2 Å². The largest absolute Gasteiger partial charge is 0.381 e. The van der Waals surface area contributed by atoms with Gasteiger partial charge in [-0.15, -0.1) is 0 Å². The number of ether oxygens (including phenoxy) is 1. The molecular weight excluding hydrogens is 480 g/mol. The van der Waals surface area contributed by atoms with E-state index in [1.807, 2.05) is 29.3 Å². The molecule has 2 amide bonds. The average Bonchev–Trinajstić information content (AvgIpc) is 3.35. The third kappa shape index (κ3) is 4.32. The fourth-order valence-electron chi connectivity index (χ4n) is 5.49. The highest BCUT2D eigenvalue weighted by molar-refractivity contribution is 5.97. The summed E-state index contributed by atoms with van der Waals surface area (Å²) in [5.74, 6) is 1.31. The Labute approximate surface area is 220 Å². The van der Waals surface area contributed by atoms with E-state index < -0.39 is 0 Å². The molecule has 2 aliphatic heterocycles. The van der Waals surface area contributed by atoms with Crippen molar-refractivity contribution in [2.45, 2.75) is 38.8 Å². The predicted octanol–water partition coefficient (Wildman–Crippen LogP) is 3.78. The second-order valence-corrected chi connectivity index (χ2v) is 9.85. The Hall–Kier alpha value is -4.11. The topological polar surface area (TPSA) is 102 Å². The molecule has 1 fully saturated rings. The first-order valence-corrected chi connectivity index (χ1v) is 13.0. The first-order chi connectivity index (χ1) is 18.5. The van der Waals surface area contributed by atoms with E-state index in [0.29, 0.717) is 24.7 Å². The number of benzene rings is 1. The number of imidazole rings is 1. The number of nitrogens with one attached hydrogen (secondary N) is 1. The molecule has 0 atom stereocenters. The van der Waals surface area contributed by atoms with E-state index in [1.165, 1.54) is 0 Å². The van der Waals surface area contributed by atoms with E-state index in [9.17, 15) is 9.59 Å². The summed E-state index contributed by atoms with van der Waals surface area (Å²) in [7, 11) is 1.59. The molecule has 1 saturated heterocycles. The number of aromatic nitrogens is 4. The van der Waals surface area contributed by atoms with Crippen molar-refractivity contribution in [3.05, 3.63) is 66.0 Å². The number of carbonyl (C=O) groups is 2. The molecular formula is C29H30N6O3. The lowest BCUT2D eigenvalue weighted by Gasteiger charge is -2.30. The van der Waals surface area contributed by atoms with Gasteiger partial charge in [-0.3, -0.25) is 19.6 Å². The van der Waals surface area contributed by atoms with Crippen LogP contribution in [-0.4, -0.2) is 63.0 Å². The molecule has 1 aromatic carbocycles. The first-order valence-electron chi connectivity index (χ1n) is 13.0. The van der Waals surface area contributed by atoms with Gasteiger partial charge in [0.15, 0.2) is 0 Å². The van der Waals surface area contributed by atoms with E-state index in [0.717, 1.165) is 77.4 Å². The van der Waals surface area contributed by atoms with Crippen molar-refractivity contribution in [3.8, 4) is 22.5 Å². The van der Waals surface area contributed by atoms with Gasteiger partial charge in [-0.1, -0.05) is 18.2 Å². The Kier molecular flexibility index (Phi) is 6.37. The SMILES string of the molecule is CNC(=O)c1ccc(-c2cc3cccc(-c4nc(C5CCOCC5)n5c4CN(C(C)=O)CC5)c3cn2)cn1. The molecule has 6 rings (SSSR count). The highest BCUT2D eigenvalue weighted by atomic mass is 16.5. The van der Waals surface area contributed by atoms with Gasteiger partial charge in [-0.25, -0.2) is 4.98 Å². The van der Waals surface area contributed by atoms with Gasteiger partial charge in [-0.05, 0) is 36.4 Å². The summed E-state index contributed by atoms with van der Waals surface area (Å²) >= 11 is 0. The molecule has 0 aliphatic carbocycles. The van der Waals surface area contributed by atoms with Crippen molar-refractivity contribution in [2.75, 3.05) is 26.8 Å². The van der Waals surface area contributed by atoms with Gasteiger partial charge in [-0.2, -0.15) is 0 Å². The number of rotatable bonds is 4. The highest BCUT2D eigenvalue weighted by Gasteiger charge is 2.30. The molecule has 5 heterocycles. The van der Waals surface area contributed by atoms with Crippen LogP contribution in [-0.2, 0) is 22.6 Å². The number of amides is 2. The zero-order chi connectivity index (χ0) is 26.2. The van der Waals surface area contributed by atoms with Gasteiger partial charge >= 0.3 is 0 Å². The lowest BCUT2D eigenvalue weighted by molar-refractivity contribution is -0.130. The van der Waals surface area contributed by atoms with Crippen LogP contribution in [0.2, 0.25) is 0 Å². The molecule has 9 heteroatoms. The normalized spacial score (nSPS) is 15.9. The quantitative estimate of drug-likeness (QED) is 0.448. The molecule has 0 spiro atoms. The minimum atomic E-state index is -0.223. The Morgan fingerprint density at radius 1 is 1.05 bits per heavy atom. The summed E-state index contributed by atoms with van der Waals surface area (Å²) < 4.78 is 7.95. The summed E-state index contributed by atoms with van der Waals surface area (Å²) in [4.78, 5) is 40.3. The molecule has 38 heavy (non-hydrogen) atoms. The zero-order valence-electron chi connectivity index (χ0n) is 21.6. The lowest BCUT2D eigenvalue weighted by Crippen LogP contribution is -2.37. The predicted molar refractivity (Wildman–Crippen MR) is 143 cm³/mol. The number of pyridine rings is 2. The first kappa shape index (κ1) is 24.2. The van der Waals surface area contributed by atoms with Gasteiger partial charge in [0.25, 0.3) is 5.91 Å². The maximum atomic E-state index is 12.3. The molecule has 0 radical (unpaired) electrons. The van der Waals surface area contributed by atoms with Gasteiger partial charge < -0.3 is 19.5 Å². The minimum Gasteiger partial charge on any atom is -0.381 e. The Balaban J connectivity index is 1.42. The maximum absolute atomic E-state index is 12.3. The summed E-state index contributed by atoms with van der Waals surface area (Å²) in [6.07, 6.45) is 5.47. The van der Waals surface area contributed by atoms with Crippen LogP contribution in [0.5, 0.6) is 0 Å². The van der Waals surface area contributed by atoms with Crippen molar-refractivity contribution >= 4 is 22.6 Å². The Morgan fingerprint density at radius 3 is 2.63 bits per heavy atom. The zero-order valence-corrected chi connectivity index (χ0v) is 21.6. The monoisotopic (exact) mass is 510 g/mol. The number of carbonyl (C=O) groups excluding carboxylic acids is 2. The molecule has 1 N–H and O–H groups in total. The van der Waals surface area contributed by atoms with Crippen molar-refractivity contribution in [1.29, 1.82) is 0 Å². The molecule has 0 unspecified atom stereocenters.